The summed E-state index contributed by atoms with van der Waals surface area (Å²) in [5, 5.41) is 8.68. The Balaban J connectivity index is 2.12. The molecule has 3 heteroatoms. The molecule has 0 spiro atoms. The Bertz CT molecular complexity index is 612. The maximum atomic E-state index is 10.6. The lowest BCUT2D eigenvalue weighted by Crippen LogP contribution is -1.97. The first-order valence-electron chi connectivity index (χ1n) is 7.16. The number of allylic oxidation sites excluding steroid dienone is 3. The van der Waals surface area contributed by atoms with Crippen LogP contribution in [0.5, 0.6) is 0 Å². The van der Waals surface area contributed by atoms with Crippen LogP contribution in [0.25, 0.3) is 6.08 Å². The molecule has 1 unspecified atom stereocenters. The van der Waals surface area contributed by atoms with Gasteiger partial charge in [0, 0.05) is 15.9 Å². The molecule has 1 aliphatic carbocycles. The van der Waals surface area contributed by atoms with E-state index in [0.717, 1.165) is 17.5 Å². The van der Waals surface area contributed by atoms with Crippen LogP contribution in [0.15, 0.2) is 52.3 Å². The molecule has 1 atom stereocenters. The van der Waals surface area contributed by atoms with Gasteiger partial charge in [0.1, 0.15) is 0 Å². The van der Waals surface area contributed by atoms with E-state index in [1.54, 1.807) is 17.8 Å². The van der Waals surface area contributed by atoms with E-state index in [4.69, 9.17) is 5.11 Å². The highest BCUT2D eigenvalue weighted by Gasteiger charge is 2.08. The fourth-order valence-corrected chi connectivity index (χ4v) is 3.33. The molecule has 2 nitrogen and oxygen atoms in total. The Kier molecular flexibility index (Phi) is 5.45. The normalized spacial score (nSPS) is 18.0. The average Bonchev–Trinajstić information content (AvgIpc) is 2.46. The van der Waals surface area contributed by atoms with Crippen molar-refractivity contribution in [3.05, 3.63) is 58.5 Å². The van der Waals surface area contributed by atoms with E-state index in [1.165, 1.54) is 22.3 Å². The first-order valence-corrected chi connectivity index (χ1v) is 7.98. The van der Waals surface area contributed by atoms with Gasteiger partial charge in [-0.1, -0.05) is 43.0 Å². The Morgan fingerprint density at radius 1 is 1.48 bits per heavy atom. The third-order valence-electron chi connectivity index (χ3n) is 3.53. The number of carboxylic acids is 1. The highest BCUT2D eigenvalue weighted by Crippen LogP contribution is 2.33. The molecule has 0 aliphatic heterocycles. The van der Waals surface area contributed by atoms with Crippen molar-refractivity contribution in [2.24, 2.45) is 5.92 Å². The van der Waals surface area contributed by atoms with Crippen molar-refractivity contribution in [2.75, 3.05) is 0 Å². The summed E-state index contributed by atoms with van der Waals surface area (Å²) >= 11 is 1.76. The van der Waals surface area contributed by atoms with Crippen molar-refractivity contribution in [1.82, 2.24) is 0 Å². The number of rotatable bonds is 5. The molecule has 0 radical (unpaired) electrons. The fourth-order valence-electron chi connectivity index (χ4n) is 2.26. The van der Waals surface area contributed by atoms with Crippen molar-refractivity contribution in [2.45, 2.75) is 31.6 Å². The minimum atomic E-state index is -0.920. The maximum absolute atomic E-state index is 10.6. The number of thioether (sulfide) groups is 1. The highest BCUT2D eigenvalue weighted by molar-refractivity contribution is 8.03. The summed E-state index contributed by atoms with van der Waals surface area (Å²) < 4.78 is 0. The van der Waals surface area contributed by atoms with Gasteiger partial charge in [-0.3, -0.25) is 0 Å². The molecule has 0 bridgehead atoms. The third-order valence-corrected chi connectivity index (χ3v) is 4.53. The number of benzene rings is 1. The van der Waals surface area contributed by atoms with Gasteiger partial charge in [-0.25, -0.2) is 4.79 Å². The zero-order chi connectivity index (χ0) is 15.2. The Labute approximate surface area is 130 Å². The fraction of sp³-hybridized carbons (Fsp3) is 0.278. The van der Waals surface area contributed by atoms with Gasteiger partial charge in [0.25, 0.3) is 0 Å². The lowest BCUT2D eigenvalue weighted by atomic mass is 9.98. The van der Waals surface area contributed by atoms with E-state index in [0.29, 0.717) is 5.92 Å². The standard InChI is InChI=1S/C18H20O2S/c1-3-14-5-4-6-16(12-14)21-17-9-7-15(13(2)11-17)8-10-18(19)20/h4,6-12,14H,3,5H2,1-2H3,(H,19,20)/b10-8+. The summed E-state index contributed by atoms with van der Waals surface area (Å²) in [4.78, 5) is 13.0. The second kappa shape index (κ2) is 7.32. The molecule has 1 aromatic carbocycles. The van der Waals surface area contributed by atoms with E-state index < -0.39 is 5.97 Å². The van der Waals surface area contributed by atoms with Crippen LogP contribution >= 0.6 is 11.8 Å². The number of carbonyl (C=O) groups is 1. The minimum absolute atomic E-state index is 0.649. The van der Waals surface area contributed by atoms with Crippen LogP contribution in [0.2, 0.25) is 0 Å². The molecule has 0 fully saturated rings. The summed E-state index contributed by atoms with van der Waals surface area (Å²) in [5.74, 6) is -0.271. The van der Waals surface area contributed by atoms with Gasteiger partial charge < -0.3 is 5.11 Å². The third kappa shape index (κ3) is 4.64. The number of aliphatic carboxylic acids is 1. The highest BCUT2D eigenvalue weighted by atomic mass is 32.2. The Morgan fingerprint density at radius 2 is 2.29 bits per heavy atom. The van der Waals surface area contributed by atoms with Gasteiger partial charge in [0.15, 0.2) is 0 Å². The number of carboxylic acid groups (broad SMARTS) is 1. The molecule has 0 aromatic heterocycles. The van der Waals surface area contributed by atoms with E-state index in [9.17, 15) is 4.79 Å². The topological polar surface area (TPSA) is 37.3 Å². The predicted octanol–water partition coefficient (Wildman–Crippen LogP) is 5.05. The summed E-state index contributed by atoms with van der Waals surface area (Å²) in [6, 6.07) is 6.13. The molecule has 0 saturated carbocycles. The van der Waals surface area contributed by atoms with E-state index in [2.05, 4.69) is 31.2 Å². The van der Waals surface area contributed by atoms with Gasteiger partial charge in [0.2, 0.25) is 0 Å². The van der Waals surface area contributed by atoms with Crippen molar-refractivity contribution < 1.29 is 9.90 Å². The van der Waals surface area contributed by atoms with E-state index in [1.807, 2.05) is 19.1 Å². The summed E-state index contributed by atoms with van der Waals surface area (Å²) in [5.41, 5.74) is 2.03. The average molecular weight is 300 g/mol. The van der Waals surface area contributed by atoms with Gasteiger partial charge >= 0.3 is 5.97 Å². The zero-order valence-corrected chi connectivity index (χ0v) is 13.2. The van der Waals surface area contributed by atoms with Crippen molar-refractivity contribution >= 4 is 23.8 Å². The molecular weight excluding hydrogens is 280 g/mol. The van der Waals surface area contributed by atoms with E-state index >= 15 is 0 Å². The van der Waals surface area contributed by atoms with Crippen LogP contribution in [0.1, 0.15) is 30.9 Å². The molecule has 0 heterocycles. The van der Waals surface area contributed by atoms with Crippen molar-refractivity contribution in [3.8, 4) is 0 Å². The van der Waals surface area contributed by atoms with Crippen LogP contribution in [0.4, 0.5) is 0 Å². The summed E-state index contributed by atoms with van der Waals surface area (Å²) in [7, 11) is 0. The lowest BCUT2D eigenvalue weighted by molar-refractivity contribution is -0.131. The van der Waals surface area contributed by atoms with Crippen LogP contribution in [0.3, 0.4) is 0 Å². The molecule has 1 N–H and O–H groups in total. The minimum Gasteiger partial charge on any atom is -0.478 e. The van der Waals surface area contributed by atoms with Gasteiger partial charge in [0.05, 0.1) is 0 Å². The zero-order valence-electron chi connectivity index (χ0n) is 12.4. The molecule has 0 saturated heterocycles. The number of hydrogen-bond acceptors (Lipinski definition) is 2. The smallest absolute Gasteiger partial charge is 0.328 e. The molecule has 2 rings (SSSR count). The van der Waals surface area contributed by atoms with E-state index in [-0.39, 0.29) is 0 Å². The second-order valence-electron chi connectivity index (χ2n) is 5.17. The first kappa shape index (κ1) is 15.6. The molecule has 1 aliphatic rings. The first-order chi connectivity index (χ1) is 10.1. The molecule has 110 valence electrons. The number of aryl methyl sites for hydroxylation is 1. The SMILES string of the molecule is CCC1C=C(Sc2ccc(/C=C/C(=O)O)c(C)c2)C=CC1. The molecular formula is C18H20O2S. The summed E-state index contributed by atoms with van der Waals surface area (Å²) in [6.07, 6.45) is 11.9. The summed E-state index contributed by atoms with van der Waals surface area (Å²) in [6.45, 7) is 4.22. The van der Waals surface area contributed by atoms with Gasteiger partial charge in [-0.05, 0) is 55.0 Å². The Hall–Kier alpha value is -1.74. The molecule has 0 amide bonds. The van der Waals surface area contributed by atoms with Crippen LogP contribution in [-0.2, 0) is 4.79 Å². The van der Waals surface area contributed by atoms with Gasteiger partial charge in [-0.15, -0.1) is 0 Å². The van der Waals surface area contributed by atoms with Crippen LogP contribution in [0, 0.1) is 12.8 Å². The Morgan fingerprint density at radius 3 is 2.95 bits per heavy atom. The molecule has 21 heavy (non-hydrogen) atoms. The van der Waals surface area contributed by atoms with Gasteiger partial charge in [-0.2, -0.15) is 0 Å². The predicted molar refractivity (Wildman–Crippen MR) is 89.3 cm³/mol. The van der Waals surface area contributed by atoms with Crippen molar-refractivity contribution in [1.29, 1.82) is 0 Å². The van der Waals surface area contributed by atoms with Crippen LogP contribution in [-0.4, -0.2) is 11.1 Å². The monoisotopic (exact) mass is 300 g/mol. The second-order valence-corrected chi connectivity index (χ2v) is 6.31. The largest absolute Gasteiger partial charge is 0.478 e. The molecule has 1 aromatic rings. The lowest BCUT2D eigenvalue weighted by Gasteiger charge is -2.14. The maximum Gasteiger partial charge on any atom is 0.328 e. The number of hydrogen-bond donors (Lipinski definition) is 1. The van der Waals surface area contributed by atoms with Crippen molar-refractivity contribution in [3.63, 3.8) is 0 Å². The van der Waals surface area contributed by atoms with Crippen LogP contribution < -0.4 is 0 Å². The quantitative estimate of drug-likeness (QED) is 0.773.